The van der Waals surface area contributed by atoms with Crippen molar-refractivity contribution < 1.29 is 14.2 Å². The van der Waals surface area contributed by atoms with Crippen LogP contribution in [0, 0.1) is 0 Å². The topological polar surface area (TPSA) is 101 Å². The SMILES string of the molecule is Cn1ncc2c(N)nc(N3C[C@@H](c4ccccc4)O[C@@H](c4ccc5c(c4)OCO5)C3)nc21. The van der Waals surface area contributed by atoms with E-state index in [1.807, 2.05) is 43.4 Å². The molecule has 0 amide bonds. The van der Waals surface area contributed by atoms with Crippen LogP contribution in [0.15, 0.2) is 54.7 Å². The minimum absolute atomic E-state index is 0.160. The van der Waals surface area contributed by atoms with Crippen molar-refractivity contribution in [1.29, 1.82) is 0 Å². The zero-order valence-corrected chi connectivity index (χ0v) is 17.5. The minimum atomic E-state index is -0.212. The highest BCUT2D eigenvalue weighted by Gasteiger charge is 2.32. The number of anilines is 2. The van der Waals surface area contributed by atoms with E-state index < -0.39 is 0 Å². The number of fused-ring (bicyclic) bond motifs is 2. The van der Waals surface area contributed by atoms with Crippen LogP contribution in [0.4, 0.5) is 11.8 Å². The molecule has 32 heavy (non-hydrogen) atoms. The summed E-state index contributed by atoms with van der Waals surface area (Å²) in [6, 6.07) is 16.1. The molecule has 6 rings (SSSR count). The number of nitrogen functional groups attached to an aromatic ring is 1. The zero-order chi connectivity index (χ0) is 21.7. The summed E-state index contributed by atoms with van der Waals surface area (Å²) in [5, 5.41) is 5.01. The third-order valence-corrected chi connectivity index (χ3v) is 5.93. The molecule has 0 bridgehead atoms. The van der Waals surface area contributed by atoms with Crippen molar-refractivity contribution in [1.82, 2.24) is 19.7 Å². The Labute approximate surface area is 184 Å². The maximum Gasteiger partial charge on any atom is 0.231 e. The van der Waals surface area contributed by atoms with E-state index in [1.54, 1.807) is 10.9 Å². The second kappa shape index (κ2) is 7.38. The van der Waals surface area contributed by atoms with Gasteiger partial charge in [-0.05, 0) is 23.3 Å². The van der Waals surface area contributed by atoms with Gasteiger partial charge in [-0.3, -0.25) is 4.68 Å². The minimum Gasteiger partial charge on any atom is -0.454 e. The Balaban J connectivity index is 1.40. The van der Waals surface area contributed by atoms with Crippen molar-refractivity contribution in [3.8, 4) is 11.5 Å². The average molecular weight is 430 g/mol. The molecule has 0 unspecified atom stereocenters. The highest BCUT2D eigenvalue weighted by molar-refractivity contribution is 5.86. The third kappa shape index (κ3) is 3.18. The second-order valence-electron chi connectivity index (χ2n) is 7.96. The summed E-state index contributed by atoms with van der Waals surface area (Å²) in [6.45, 7) is 1.42. The number of ether oxygens (including phenoxy) is 3. The molecule has 1 fully saturated rings. The van der Waals surface area contributed by atoms with Crippen LogP contribution in [-0.2, 0) is 11.8 Å². The van der Waals surface area contributed by atoms with Crippen LogP contribution in [-0.4, -0.2) is 39.6 Å². The normalized spacial score (nSPS) is 20.1. The largest absolute Gasteiger partial charge is 0.454 e. The predicted molar refractivity (Wildman–Crippen MR) is 119 cm³/mol. The van der Waals surface area contributed by atoms with Crippen LogP contribution >= 0.6 is 0 Å². The van der Waals surface area contributed by atoms with Gasteiger partial charge in [0.1, 0.15) is 18.0 Å². The third-order valence-electron chi connectivity index (χ3n) is 5.93. The molecule has 4 heterocycles. The van der Waals surface area contributed by atoms with Crippen molar-refractivity contribution >= 4 is 22.8 Å². The number of aryl methyl sites for hydroxylation is 1. The van der Waals surface area contributed by atoms with Gasteiger partial charge in [0, 0.05) is 7.05 Å². The number of hydrogen-bond donors (Lipinski definition) is 1. The van der Waals surface area contributed by atoms with Crippen LogP contribution in [0.25, 0.3) is 11.0 Å². The van der Waals surface area contributed by atoms with Gasteiger partial charge in [0.05, 0.1) is 24.7 Å². The monoisotopic (exact) mass is 430 g/mol. The van der Waals surface area contributed by atoms with Crippen molar-refractivity contribution in [2.75, 3.05) is 30.5 Å². The van der Waals surface area contributed by atoms with Gasteiger partial charge < -0.3 is 24.8 Å². The maximum atomic E-state index is 6.55. The molecule has 2 N–H and O–H groups in total. The summed E-state index contributed by atoms with van der Waals surface area (Å²) in [7, 11) is 1.85. The van der Waals surface area contributed by atoms with E-state index in [0.717, 1.165) is 28.0 Å². The first-order valence-electron chi connectivity index (χ1n) is 10.5. The van der Waals surface area contributed by atoms with Gasteiger partial charge >= 0.3 is 0 Å². The molecule has 2 aromatic carbocycles. The number of aromatic nitrogens is 4. The highest BCUT2D eigenvalue weighted by Crippen LogP contribution is 2.39. The van der Waals surface area contributed by atoms with E-state index in [4.69, 9.17) is 24.9 Å². The molecule has 9 heteroatoms. The molecule has 4 aromatic rings. The van der Waals surface area contributed by atoms with E-state index in [1.165, 1.54) is 0 Å². The molecular formula is C23H22N6O3. The van der Waals surface area contributed by atoms with Gasteiger partial charge in [-0.25, -0.2) is 0 Å². The summed E-state index contributed by atoms with van der Waals surface area (Å²) in [5.41, 5.74) is 9.04. The van der Waals surface area contributed by atoms with E-state index in [2.05, 4.69) is 27.1 Å². The predicted octanol–water partition coefficient (Wildman–Crippen LogP) is 2.99. The van der Waals surface area contributed by atoms with Crippen LogP contribution in [0.5, 0.6) is 11.5 Å². The number of morpholine rings is 1. The van der Waals surface area contributed by atoms with Gasteiger partial charge in [0.2, 0.25) is 12.7 Å². The molecule has 1 saturated heterocycles. The Morgan fingerprint density at radius 1 is 0.938 bits per heavy atom. The number of nitrogens with zero attached hydrogens (tertiary/aromatic N) is 5. The molecule has 0 spiro atoms. The fourth-order valence-corrected chi connectivity index (χ4v) is 4.25. The van der Waals surface area contributed by atoms with E-state index >= 15 is 0 Å². The molecular weight excluding hydrogens is 408 g/mol. The Bertz CT molecular complexity index is 1290. The first-order valence-corrected chi connectivity index (χ1v) is 10.5. The average Bonchev–Trinajstić information content (AvgIpc) is 3.46. The fourth-order valence-electron chi connectivity index (χ4n) is 4.25. The number of nitrogens with two attached hydrogens (primary N) is 1. The summed E-state index contributed by atoms with van der Waals surface area (Å²) in [4.78, 5) is 11.5. The molecule has 2 aliphatic heterocycles. The Morgan fingerprint density at radius 3 is 2.56 bits per heavy atom. The molecule has 0 aliphatic carbocycles. The summed E-state index contributed by atoms with van der Waals surface area (Å²) < 4.78 is 19.3. The zero-order valence-electron chi connectivity index (χ0n) is 17.5. The van der Waals surface area contributed by atoms with Gasteiger partial charge in [-0.15, -0.1) is 0 Å². The lowest BCUT2D eigenvalue weighted by Crippen LogP contribution is -2.41. The quantitative estimate of drug-likeness (QED) is 0.529. The van der Waals surface area contributed by atoms with Crippen LogP contribution in [0.2, 0.25) is 0 Å². The van der Waals surface area contributed by atoms with E-state index in [0.29, 0.717) is 30.5 Å². The van der Waals surface area contributed by atoms with Gasteiger partial charge in [-0.1, -0.05) is 36.4 Å². The van der Waals surface area contributed by atoms with E-state index in [-0.39, 0.29) is 19.0 Å². The number of hydrogen-bond acceptors (Lipinski definition) is 8. The Kier molecular flexibility index (Phi) is 4.36. The maximum absolute atomic E-state index is 6.55. The first-order chi connectivity index (χ1) is 15.7. The van der Waals surface area contributed by atoms with Crippen LogP contribution < -0.4 is 20.1 Å². The molecule has 9 nitrogen and oxygen atoms in total. The number of benzene rings is 2. The highest BCUT2D eigenvalue weighted by atomic mass is 16.7. The summed E-state index contributed by atoms with van der Waals surface area (Å²) in [5.74, 6) is 2.46. The van der Waals surface area contributed by atoms with Gasteiger partial charge in [0.15, 0.2) is 17.1 Å². The van der Waals surface area contributed by atoms with E-state index in [9.17, 15) is 0 Å². The molecule has 2 atom stereocenters. The second-order valence-corrected chi connectivity index (χ2v) is 7.96. The lowest BCUT2D eigenvalue weighted by molar-refractivity contribution is -0.0298. The van der Waals surface area contributed by atoms with Crippen LogP contribution in [0.1, 0.15) is 23.3 Å². The Morgan fingerprint density at radius 2 is 1.72 bits per heavy atom. The lowest BCUT2D eigenvalue weighted by Gasteiger charge is -2.38. The smallest absolute Gasteiger partial charge is 0.231 e. The van der Waals surface area contributed by atoms with Crippen molar-refractivity contribution in [2.24, 2.45) is 7.05 Å². The van der Waals surface area contributed by atoms with Crippen molar-refractivity contribution in [3.05, 3.63) is 65.9 Å². The Hall–Kier alpha value is -3.85. The van der Waals surface area contributed by atoms with Crippen molar-refractivity contribution in [2.45, 2.75) is 12.2 Å². The fraction of sp³-hybridized carbons (Fsp3) is 0.261. The lowest BCUT2D eigenvalue weighted by atomic mass is 10.0. The van der Waals surface area contributed by atoms with Crippen LogP contribution in [0.3, 0.4) is 0 Å². The van der Waals surface area contributed by atoms with Gasteiger partial charge in [0.25, 0.3) is 0 Å². The molecule has 2 aliphatic rings. The molecule has 2 aromatic heterocycles. The summed E-state index contributed by atoms with van der Waals surface area (Å²) in [6.07, 6.45) is 1.32. The van der Waals surface area contributed by atoms with Crippen molar-refractivity contribution in [3.63, 3.8) is 0 Å². The molecule has 0 radical (unpaired) electrons. The number of rotatable bonds is 3. The first kappa shape index (κ1) is 18.9. The molecule has 162 valence electrons. The standard InChI is InChI=1S/C23H22N6O3/c1-28-22-16(10-25-28)21(24)26-23(27-22)29-11-19(14-5-3-2-4-6-14)32-20(12-29)15-7-8-17-18(9-15)31-13-30-17/h2-10,19-20H,11-13H2,1H3,(H2,24,26,27)/t19-,20+/m0/s1. The molecule has 0 saturated carbocycles. The summed E-state index contributed by atoms with van der Waals surface area (Å²) >= 11 is 0. The van der Waals surface area contributed by atoms with Gasteiger partial charge in [-0.2, -0.15) is 15.1 Å².